The molecule has 0 spiro atoms. The third-order valence-electron chi connectivity index (χ3n) is 5.54. The normalized spacial score (nSPS) is 31.6. The summed E-state index contributed by atoms with van der Waals surface area (Å²) in [4.78, 5) is 2.58. The molecule has 3 heterocycles. The fraction of sp³-hybridized carbons (Fsp3) is 0.500. The van der Waals surface area contributed by atoms with E-state index in [0.717, 1.165) is 17.5 Å². The second kappa shape index (κ2) is 5.64. The molecule has 0 radical (unpaired) electrons. The zero-order valence-electron chi connectivity index (χ0n) is 13.0. The van der Waals surface area contributed by atoms with Crippen LogP contribution in [0.25, 0.3) is 0 Å². The van der Waals surface area contributed by atoms with Gasteiger partial charge in [-0.2, -0.15) is 0 Å². The highest BCUT2D eigenvalue weighted by Crippen LogP contribution is 2.50. The van der Waals surface area contributed by atoms with Gasteiger partial charge in [-0.05, 0) is 79.4 Å². The van der Waals surface area contributed by atoms with Crippen molar-refractivity contribution in [2.75, 3.05) is 7.05 Å². The van der Waals surface area contributed by atoms with Gasteiger partial charge in [0, 0.05) is 27.6 Å². The highest BCUT2D eigenvalue weighted by Gasteiger charge is 2.47. The number of likely N-dealkylation sites (N-methyl/N-ethyl adjacent to an activating group) is 1. The molecule has 4 rings (SSSR count). The van der Waals surface area contributed by atoms with Gasteiger partial charge >= 0.3 is 0 Å². The predicted octanol–water partition coefficient (Wildman–Crippen LogP) is 4.32. The number of aromatic nitrogens is 1. The summed E-state index contributed by atoms with van der Waals surface area (Å²) in [5.74, 6) is 2.03. The summed E-state index contributed by atoms with van der Waals surface area (Å²) in [5.41, 5.74) is 2.43. The molecule has 2 fully saturated rings. The van der Waals surface area contributed by atoms with Gasteiger partial charge in [0.25, 0.3) is 0 Å². The molecule has 2 bridgehead atoms. The number of hydrogen-bond acceptors (Lipinski definition) is 3. The van der Waals surface area contributed by atoms with Gasteiger partial charge in [-0.25, -0.2) is 0 Å². The lowest BCUT2D eigenvalue weighted by molar-refractivity contribution is 0.122. The fourth-order valence-electron chi connectivity index (χ4n) is 4.45. The van der Waals surface area contributed by atoms with E-state index in [1.165, 1.54) is 28.4 Å². The van der Waals surface area contributed by atoms with Crippen molar-refractivity contribution >= 4 is 22.6 Å². The maximum absolute atomic E-state index is 5.70. The summed E-state index contributed by atoms with van der Waals surface area (Å²) >= 11 is 2.37. The number of benzene rings is 1. The third kappa shape index (κ3) is 2.40. The Balaban J connectivity index is 1.76. The summed E-state index contributed by atoms with van der Waals surface area (Å²) < 4.78 is 7.00. The van der Waals surface area contributed by atoms with E-state index in [1.54, 1.807) is 0 Å². The lowest BCUT2D eigenvalue weighted by atomic mass is 9.75. The molecule has 0 amide bonds. The molecule has 1 aromatic heterocycles. The van der Waals surface area contributed by atoms with Gasteiger partial charge in [-0.3, -0.25) is 4.90 Å². The Morgan fingerprint density at radius 3 is 2.68 bits per heavy atom. The van der Waals surface area contributed by atoms with Crippen molar-refractivity contribution in [2.45, 2.75) is 50.1 Å². The molecule has 4 atom stereocenters. The van der Waals surface area contributed by atoms with Gasteiger partial charge in [-0.1, -0.05) is 17.3 Å². The van der Waals surface area contributed by atoms with E-state index in [4.69, 9.17) is 4.52 Å². The number of hydrogen-bond donors (Lipinski definition) is 0. The van der Waals surface area contributed by atoms with Crippen molar-refractivity contribution in [1.29, 1.82) is 0 Å². The lowest BCUT2D eigenvalue weighted by Crippen LogP contribution is -2.44. The number of halogens is 1. The van der Waals surface area contributed by atoms with Crippen molar-refractivity contribution in [2.24, 2.45) is 0 Å². The van der Waals surface area contributed by atoms with Crippen LogP contribution in [0, 0.1) is 10.5 Å². The monoisotopic (exact) mass is 408 g/mol. The molecule has 116 valence electrons. The quantitative estimate of drug-likeness (QED) is 0.694. The van der Waals surface area contributed by atoms with Crippen molar-refractivity contribution < 1.29 is 4.52 Å². The minimum absolute atomic E-state index is 0.421. The highest BCUT2D eigenvalue weighted by molar-refractivity contribution is 14.1. The Kier molecular flexibility index (Phi) is 3.77. The standard InChI is InChI=1S/C18H21IN2O/c1-11-9-17(22-20-11)18-15(12-3-5-13(19)6-4-12)10-14-7-8-16(18)21(14)2/h3-6,9,14-16,18H,7-8,10H2,1-2H3/t14-,15+,16+,18-/m0/s1. The first-order valence-electron chi connectivity index (χ1n) is 8.04. The number of fused-ring (bicyclic) bond motifs is 2. The van der Waals surface area contributed by atoms with E-state index in [9.17, 15) is 0 Å². The van der Waals surface area contributed by atoms with E-state index >= 15 is 0 Å². The lowest BCUT2D eigenvalue weighted by Gasteiger charge is -2.42. The minimum atomic E-state index is 0.421. The topological polar surface area (TPSA) is 29.3 Å². The smallest absolute Gasteiger partial charge is 0.142 e. The van der Waals surface area contributed by atoms with E-state index in [-0.39, 0.29) is 0 Å². The Hall–Kier alpha value is -0.880. The molecule has 2 aliphatic heterocycles. The first-order valence-corrected chi connectivity index (χ1v) is 9.12. The number of aryl methyl sites for hydroxylation is 1. The van der Waals surface area contributed by atoms with E-state index in [0.29, 0.717) is 17.9 Å². The molecule has 0 N–H and O–H groups in total. The molecule has 3 nitrogen and oxygen atoms in total. The van der Waals surface area contributed by atoms with Crippen LogP contribution in [0.4, 0.5) is 0 Å². The van der Waals surface area contributed by atoms with Gasteiger partial charge in [-0.15, -0.1) is 0 Å². The van der Waals surface area contributed by atoms with Crippen LogP contribution >= 0.6 is 22.6 Å². The Labute approximate surface area is 145 Å². The second-order valence-electron chi connectivity index (χ2n) is 6.75. The number of rotatable bonds is 2. The Bertz CT molecular complexity index is 666. The summed E-state index contributed by atoms with van der Waals surface area (Å²) in [6, 6.07) is 12.5. The molecule has 4 heteroatoms. The highest BCUT2D eigenvalue weighted by atomic mass is 127. The van der Waals surface area contributed by atoms with Gasteiger partial charge in [0.05, 0.1) is 5.69 Å². The summed E-state index contributed by atoms with van der Waals surface area (Å²) in [6.07, 6.45) is 3.80. The van der Waals surface area contributed by atoms with Gasteiger partial charge < -0.3 is 4.52 Å². The van der Waals surface area contributed by atoms with Crippen LogP contribution in [-0.2, 0) is 0 Å². The van der Waals surface area contributed by atoms with Gasteiger partial charge in [0.1, 0.15) is 5.76 Å². The first-order chi connectivity index (χ1) is 10.6. The molecule has 1 aromatic carbocycles. The third-order valence-corrected chi connectivity index (χ3v) is 6.26. The van der Waals surface area contributed by atoms with Gasteiger partial charge in [0.15, 0.2) is 0 Å². The van der Waals surface area contributed by atoms with Crippen LogP contribution < -0.4 is 0 Å². The van der Waals surface area contributed by atoms with Crippen molar-refractivity contribution in [3.63, 3.8) is 0 Å². The first kappa shape index (κ1) is 14.7. The molecule has 0 saturated carbocycles. The maximum Gasteiger partial charge on any atom is 0.142 e. The van der Waals surface area contributed by atoms with Crippen LogP contribution in [0.2, 0.25) is 0 Å². The van der Waals surface area contributed by atoms with Crippen LogP contribution in [-0.4, -0.2) is 29.2 Å². The van der Waals surface area contributed by atoms with E-state index in [2.05, 4.69) is 70.0 Å². The zero-order chi connectivity index (χ0) is 15.3. The number of nitrogens with zero attached hydrogens (tertiary/aromatic N) is 2. The SMILES string of the molecule is Cc1cc([C@H]2[C@@H](c3ccc(I)cc3)C[C@@H]3CC[C@H]2N3C)on1. The fourth-order valence-corrected chi connectivity index (χ4v) is 4.81. The molecule has 2 aromatic rings. The van der Waals surface area contributed by atoms with Crippen molar-refractivity contribution in [1.82, 2.24) is 10.1 Å². The summed E-state index contributed by atoms with van der Waals surface area (Å²) in [5, 5.41) is 4.15. The molecular weight excluding hydrogens is 387 g/mol. The molecule has 0 unspecified atom stereocenters. The average molecular weight is 408 g/mol. The molecule has 2 saturated heterocycles. The van der Waals surface area contributed by atoms with Crippen LogP contribution in [0.3, 0.4) is 0 Å². The van der Waals surface area contributed by atoms with E-state index in [1.807, 2.05) is 6.92 Å². The zero-order valence-corrected chi connectivity index (χ0v) is 15.2. The maximum atomic E-state index is 5.70. The average Bonchev–Trinajstić information content (AvgIpc) is 3.02. The van der Waals surface area contributed by atoms with Crippen LogP contribution in [0.1, 0.15) is 48.1 Å². The second-order valence-corrected chi connectivity index (χ2v) is 8.00. The Morgan fingerprint density at radius 2 is 2.00 bits per heavy atom. The van der Waals surface area contributed by atoms with Gasteiger partial charge in [0.2, 0.25) is 0 Å². The summed E-state index contributed by atoms with van der Waals surface area (Å²) in [6.45, 7) is 2.01. The van der Waals surface area contributed by atoms with Crippen LogP contribution in [0.5, 0.6) is 0 Å². The largest absolute Gasteiger partial charge is 0.361 e. The Morgan fingerprint density at radius 1 is 1.23 bits per heavy atom. The van der Waals surface area contributed by atoms with Crippen molar-refractivity contribution in [3.8, 4) is 0 Å². The molecule has 0 aliphatic carbocycles. The molecule has 22 heavy (non-hydrogen) atoms. The summed E-state index contributed by atoms with van der Waals surface area (Å²) in [7, 11) is 2.28. The van der Waals surface area contributed by atoms with Crippen molar-refractivity contribution in [3.05, 3.63) is 50.9 Å². The molecule has 2 aliphatic rings. The van der Waals surface area contributed by atoms with E-state index < -0.39 is 0 Å². The molecular formula is C18H21IN2O. The number of piperidine rings is 1. The predicted molar refractivity (Wildman–Crippen MR) is 95.1 cm³/mol. The minimum Gasteiger partial charge on any atom is -0.361 e. The van der Waals surface area contributed by atoms with Crippen LogP contribution in [0.15, 0.2) is 34.9 Å².